The molecule has 2 unspecified atom stereocenters. The molecular weight excluding hydrogens is 244 g/mol. The maximum atomic E-state index is 11.7. The van der Waals surface area contributed by atoms with Crippen LogP contribution in [0.4, 0.5) is 0 Å². The zero-order valence-electron chi connectivity index (χ0n) is 11.4. The predicted molar refractivity (Wildman–Crippen MR) is 70.9 cm³/mol. The second-order valence-electron chi connectivity index (χ2n) is 5.04. The number of amides is 1. The van der Waals surface area contributed by atoms with Gasteiger partial charge in [-0.15, -0.1) is 10.2 Å². The number of hydrogen-bond donors (Lipinski definition) is 1. The predicted octanol–water partition coefficient (Wildman–Crippen LogP) is 0.685. The number of carbonyl (C=O) groups excluding carboxylic acids is 1. The summed E-state index contributed by atoms with van der Waals surface area (Å²) in [5, 5.41) is 7.85. The van der Waals surface area contributed by atoms with E-state index in [9.17, 15) is 4.79 Å². The molecule has 1 aromatic heterocycles. The van der Waals surface area contributed by atoms with Crippen molar-refractivity contribution in [1.82, 2.24) is 15.1 Å². The van der Waals surface area contributed by atoms with E-state index < -0.39 is 0 Å². The first kappa shape index (κ1) is 13.7. The summed E-state index contributed by atoms with van der Waals surface area (Å²) < 4.78 is 5.80. The molecule has 0 spiro atoms. The van der Waals surface area contributed by atoms with Crippen molar-refractivity contribution < 1.29 is 9.53 Å². The molecule has 2 N–H and O–H groups in total. The second kappa shape index (κ2) is 5.97. The lowest BCUT2D eigenvalue weighted by molar-refractivity contribution is 0.0820. The van der Waals surface area contributed by atoms with Gasteiger partial charge in [0.05, 0.1) is 0 Å². The molecule has 104 valence electrons. The van der Waals surface area contributed by atoms with Crippen LogP contribution >= 0.6 is 0 Å². The third-order valence-electron chi connectivity index (χ3n) is 3.43. The summed E-state index contributed by atoms with van der Waals surface area (Å²) in [6, 6.07) is 3.33. The van der Waals surface area contributed by atoms with Crippen LogP contribution in [-0.2, 0) is 0 Å². The fourth-order valence-corrected chi connectivity index (χ4v) is 2.31. The maximum Gasteiger partial charge on any atom is 0.273 e. The monoisotopic (exact) mass is 264 g/mol. The first-order chi connectivity index (χ1) is 9.11. The summed E-state index contributed by atoms with van der Waals surface area (Å²) in [5.74, 6) is 0.685. The quantitative estimate of drug-likeness (QED) is 0.865. The number of rotatable bonds is 4. The first-order valence-corrected chi connectivity index (χ1v) is 6.54. The lowest BCUT2D eigenvalue weighted by Gasteiger charge is -2.18. The Labute approximate surface area is 112 Å². The van der Waals surface area contributed by atoms with Crippen molar-refractivity contribution in [3.63, 3.8) is 0 Å². The Morgan fingerprint density at radius 3 is 2.79 bits per heavy atom. The highest BCUT2D eigenvalue weighted by Crippen LogP contribution is 2.28. The molecule has 1 saturated carbocycles. The molecule has 2 rings (SSSR count). The van der Waals surface area contributed by atoms with Gasteiger partial charge in [-0.2, -0.15) is 0 Å². The zero-order chi connectivity index (χ0) is 13.8. The van der Waals surface area contributed by atoms with E-state index in [1.165, 1.54) is 4.90 Å². The van der Waals surface area contributed by atoms with Crippen molar-refractivity contribution in [3.8, 4) is 5.88 Å². The molecule has 6 heteroatoms. The minimum absolute atomic E-state index is 0.120. The summed E-state index contributed by atoms with van der Waals surface area (Å²) >= 11 is 0. The summed E-state index contributed by atoms with van der Waals surface area (Å²) in [7, 11) is 3.36. The Morgan fingerprint density at radius 2 is 2.21 bits per heavy atom. The molecule has 1 fully saturated rings. The zero-order valence-corrected chi connectivity index (χ0v) is 11.4. The first-order valence-electron chi connectivity index (χ1n) is 6.54. The molecule has 2 atom stereocenters. The van der Waals surface area contributed by atoms with Crippen molar-refractivity contribution in [2.45, 2.75) is 25.4 Å². The number of carbonyl (C=O) groups is 1. The van der Waals surface area contributed by atoms with Crippen LogP contribution in [0.1, 0.15) is 29.8 Å². The molecular formula is C13H20N4O2. The largest absolute Gasteiger partial charge is 0.473 e. The number of ether oxygens (including phenoxy) is 1. The molecule has 1 aliphatic rings. The fraction of sp³-hybridized carbons (Fsp3) is 0.615. The van der Waals surface area contributed by atoms with Crippen molar-refractivity contribution >= 4 is 5.91 Å². The van der Waals surface area contributed by atoms with Gasteiger partial charge in [-0.1, -0.05) is 0 Å². The molecule has 19 heavy (non-hydrogen) atoms. The van der Waals surface area contributed by atoms with E-state index in [4.69, 9.17) is 10.5 Å². The molecule has 0 aromatic carbocycles. The Kier molecular flexibility index (Phi) is 4.31. The number of nitrogens with two attached hydrogens (primary N) is 1. The van der Waals surface area contributed by atoms with Crippen molar-refractivity contribution in [3.05, 3.63) is 17.8 Å². The molecule has 0 radical (unpaired) electrons. The standard InChI is InChI=1S/C13H20N4O2/c1-17(2)13(18)10-6-7-12(16-15-10)19-11-5-3-4-9(11)8-14/h6-7,9,11H,3-5,8,14H2,1-2H3. The summed E-state index contributed by atoms with van der Waals surface area (Å²) in [6.45, 7) is 0.634. The maximum absolute atomic E-state index is 11.7. The lowest BCUT2D eigenvalue weighted by Crippen LogP contribution is -2.28. The molecule has 1 amide bonds. The van der Waals surface area contributed by atoms with E-state index in [0.29, 0.717) is 24.0 Å². The smallest absolute Gasteiger partial charge is 0.273 e. The highest BCUT2D eigenvalue weighted by molar-refractivity contribution is 5.91. The third kappa shape index (κ3) is 3.20. The van der Waals surface area contributed by atoms with Gasteiger partial charge in [-0.25, -0.2) is 0 Å². The minimum Gasteiger partial charge on any atom is -0.473 e. The van der Waals surface area contributed by atoms with Crippen LogP contribution < -0.4 is 10.5 Å². The molecule has 6 nitrogen and oxygen atoms in total. The molecule has 0 aliphatic heterocycles. The Bertz CT molecular complexity index is 433. The van der Waals surface area contributed by atoms with Gasteiger partial charge < -0.3 is 15.4 Å². The average molecular weight is 264 g/mol. The van der Waals surface area contributed by atoms with Crippen molar-refractivity contribution in [2.75, 3.05) is 20.6 Å². The van der Waals surface area contributed by atoms with E-state index in [-0.39, 0.29) is 12.0 Å². The average Bonchev–Trinajstić information content (AvgIpc) is 2.86. The van der Waals surface area contributed by atoms with Gasteiger partial charge in [-0.3, -0.25) is 4.79 Å². The minimum atomic E-state index is -0.167. The molecule has 1 aromatic rings. The van der Waals surface area contributed by atoms with Crippen LogP contribution in [-0.4, -0.2) is 47.7 Å². The van der Waals surface area contributed by atoms with E-state index in [2.05, 4.69) is 10.2 Å². The van der Waals surface area contributed by atoms with Gasteiger partial charge >= 0.3 is 0 Å². The molecule has 1 heterocycles. The summed E-state index contributed by atoms with van der Waals surface area (Å²) in [6.07, 6.45) is 3.36. The second-order valence-corrected chi connectivity index (χ2v) is 5.04. The van der Waals surface area contributed by atoms with E-state index in [0.717, 1.165) is 19.3 Å². The number of aromatic nitrogens is 2. The van der Waals surface area contributed by atoms with Crippen LogP contribution in [0, 0.1) is 5.92 Å². The Hall–Kier alpha value is -1.69. The Balaban J connectivity index is 2.01. The van der Waals surface area contributed by atoms with E-state index in [1.807, 2.05) is 0 Å². The molecule has 0 bridgehead atoms. The van der Waals surface area contributed by atoms with Gasteiger partial charge in [0.2, 0.25) is 5.88 Å². The third-order valence-corrected chi connectivity index (χ3v) is 3.43. The number of hydrogen-bond acceptors (Lipinski definition) is 5. The fourth-order valence-electron chi connectivity index (χ4n) is 2.31. The van der Waals surface area contributed by atoms with Crippen LogP contribution in [0.5, 0.6) is 5.88 Å². The van der Waals surface area contributed by atoms with Crippen LogP contribution in [0.2, 0.25) is 0 Å². The number of nitrogens with zero attached hydrogens (tertiary/aromatic N) is 3. The van der Waals surface area contributed by atoms with Crippen LogP contribution in [0.15, 0.2) is 12.1 Å². The topological polar surface area (TPSA) is 81.3 Å². The normalized spacial score (nSPS) is 22.3. The van der Waals surface area contributed by atoms with Crippen LogP contribution in [0.25, 0.3) is 0 Å². The van der Waals surface area contributed by atoms with Gasteiger partial charge in [0.25, 0.3) is 5.91 Å². The Morgan fingerprint density at radius 1 is 1.42 bits per heavy atom. The SMILES string of the molecule is CN(C)C(=O)c1ccc(OC2CCCC2CN)nn1. The highest BCUT2D eigenvalue weighted by atomic mass is 16.5. The van der Waals surface area contributed by atoms with E-state index >= 15 is 0 Å². The van der Waals surface area contributed by atoms with Gasteiger partial charge in [-0.05, 0) is 31.9 Å². The van der Waals surface area contributed by atoms with E-state index in [1.54, 1.807) is 26.2 Å². The van der Waals surface area contributed by atoms with Gasteiger partial charge in [0.15, 0.2) is 5.69 Å². The molecule has 0 saturated heterocycles. The van der Waals surface area contributed by atoms with Gasteiger partial charge in [0.1, 0.15) is 6.10 Å². The lowest BCUT2D eigenvalue weighted by atomic mass is 10.1. The highest BCUT2D eigenvalue weighted by Gasteiger charge is 2.28. The van der Waals surface area contributed by atoms with Crippen LogP contribution in [0.3, 0.4) is 0 Å². The van der Waals surface area contributed by atoms with Gasteiger partial charge in [0, 0.05) is 26.1 Å². The van der Waals surface area contributed by atoms with Crippen molar-refractivity contribution in [2.24, 2.45) is 11.7 Å². The summed E-state index contributed by atoms with van der Waals surface area (Å²) in [4.78, 5) is 13.1. The summed E-state index contributed by atoms with van der Waals surface area (Å²) in [5.41, 5.74) is 6.03. The van der Waals surface area contributed by atoms with Crippen molar-refractivity contribution in [1.29, 1.82) is 0 Å². The molecule has 1 aliphatic carbocycles.